The Morgan fingerprint density at radius 2 is 2.16 bits per heavy atom. The molecule has 19 heavy (non-hydrogen) atoms. The molecule has 1 aromatic heterocycles. The van der Waals surface area contributed by atoms with Crippen molar-refractivity contribution < 1.29 is 5.11 Å². The molecule has 1 atom stereocenters. The van der Waals surface area contributed by atoms with E-state index in [2.05, 4.69) is 28.0 Å². The minimum atomic E-state index is -0.866. The van der Waals surface area contributed by atoms with Crippen molar-refractivity contribution in [2.75, 3.05) is 0 Å². The number of benzene rings is 1. The highest BCUT2D eigenvalue weighted by molar-refractivity contribution is 9.10. The molecule has 0 aliphatic rings. The van der Waals surface area contributed by atoms with Gasteiger partial charge in [-0.05, 0) is 28.4 Å². The van der Waals surface area contributed by atoms with Crippen LogP contribution in [0.1, 0.15) is 30.7 Å². The van der Waals surface area contributed by atoms with Gasteiger partial charge in [0.2, 0.25) is 0 Å². The molecule has 2 rings (SSSR count). The number of nitrogens with zero attached hydrogens (tertiary/aromatic N) is 2. The fraction of sp³-hybridized carbons (Fsp3) is 0.308. The monoisotopic (exact) mass is 362 g/mol. The van der Waals surface area contributed by atoms with Crippen molar-refractivity contribution in [1.29, 1.82) is 0 Å². The van der Waals surface area contributed by atoms with E-state index in [0.717, 1.165) is 17.4 Å². The minimum Gasteiger partial charge on any atom is -0.382 e. The summed E-state index contributed by atoms with van der Waals surface area (Å²) in [5.41, 5.74) is 1.26. The third-order valence-corrected chi connectivity index (χ3v) is 4.25. The summed E-state index contributed by atoms with van der Waals surface area (Å²) in [6, 6.07) is 5.22. The van der Waals surface area contributed by atoms with Crippen LogP contribution in [0.25, 0.3) is 0 Å². The van der Waals surface area contributed by atoms with Gasteiger partial charge in [-0.25, -0.2) is 0 Å². The summed E-state index contributed by atoms with van der Waals surface area (Å²) in [7, 11) is 0. The molecule has 0 fully saturated rings. The van der Waals surface area contributed by atoms with Crippen LogP contribution in [0.2, 0.25) is 10.0 Å². The summed E-state index contributed by atoms with van der Waals surface area (Å²) in [6.07, 6.45) is 1.73. The second-order valence-corrected chi connectivity index (χ2v) is 5.79. The van der Waals surface area contributed by atoms with Crippen molar-refractivity contribution in [1.82, 2.24) is 9.78 Å². The zero-order valence-electron chi connectivity index (χ0n) is 10.3. The summed E-state index contributed by atoms with van der Waals surface area (Å²) in [6.45, 7) is 2.79. The Balaban J connectivity index is 2.46. The van der Waals surface area contributed by atoms with Crippen LogP contribution in [-0.4, -0.2) is 14.9 Å². The van der Waals surface area contributed by atoms with Crippen LogP contribution in [0, 0.1) is 0 Å². The Morgan fingerprint density at radius 3 is 2.84 bits per heavy atom. The largest absolute Gasteiger partial charge is 0.382 e. The number of halogens is 3. The number of hydrogen-bond donors (Lipinski definition) is 1. The molecule has 1 aromatic carbocycles. The lowest BCUT2D eigenvalue weighted by molar-refractivity contribution is 0.206. The van der Waals surface area contributed by atoms with Crippen LogP contribution in [0.5, 0.6) is 0 Å². The molecule has 0 saturated carbocycles. The lowest BCUT2D eigenvalue weighted by Crippen LogP contribution is -2.11. The van der Waals surface area contributed by atoms with Crippen LogP contribution in [0.3, 0.4) is 0 Å². The lowest BCUT2D eigenvalue weighted by atomic mass is 10.1. The van der Waals surface area contributed by atoms with Gasteiger partial charge in [0, 0.05) is 12.1 Å². The van der Waals surface area contributed by atoms with E-state index in [-0.39, 0.29) is 0 Å². The van der Waals surface area contributed by atoms with Crippen LogP contribution in [0.4, 0.5) is 0 Å². The van der Waals surface area contributed by atoms with E-state index in [1.807, 2.05) is 0 Å². The first-order valence-electron chi connectivity index (χ1n) is 5.89. The molecule has 0 spiro atoms. The number of aliphatic hydroxyl groups excluding tert-OH is 1. The first kappa shape index (κ1) is 14.9. The van der Waals surface area contributed by atoms with Crippen molar-refractivity contribution in [3.8, 4) is 0 Å². The van der Waals surface area contributed by atoms with Crippen molar-refractivity contribution in [3.05, 3.63) is 50.2 Å². The van der Waals surface area contributed by atoms with Gasteiger partial charge < -0.3 is 5.11 Å². The molecule has 2 aromatic rings. The van der Waals surface area contributed by atoms with Gasteiger partial charge in [0.25, 0.3) is 0 Å². The van der Waals surface area contributed by atoms with Crippen LogP contribution in [0.15, 0.2) is 28.9 Å². The molecule has 0 amide bonds. The smallest absolute Gasteiger partial charge is 0.123 e. The van der Waals surface area contributed by atoms with E-state index >= 15 is 0 Å². The number of aryl methyl sites for hydroxylation is 1. The molecular weight excluding hydrogens is 351 g/mol. The van der Waals surface area contributed by atoms with E-state index in [4.69, 9.17) is 23.2 Å². The Hall–Kier alpha value is -0.550. The molecule has 0 aliphatic heterocycles. The summed E-state index contributed by atoms with van der Waals surface area (Å²) in [5, 5.41) is 15.6. The second-order valence-electron chi connectivity index (χ2n) is 4.15. The predicted molar refractivity (Wildman–Crippen MR) is 80.7 cm³/mol. The standard InChI is InChI=1S/C13H13BrCl2N2O/c1-2-6-18-12(9(14)7-17-18)13(19)8-4-3-5-10(15)11(8)16/h3-5,7,13,19H,2,6H2,1H3. The van der Waals surface area contributed by atoms with Crippen molar-refractivity contribution >= 4 is 39.1 Å². The van der Waals surface area contributed by atoms with Crippen molar-refractivity contribution in [2.24, 2.45) is 0 Å². The van der Waals surface area contributed by atoms with E-state index in [9.17, 15) is 5.11 Å². The van der Waals surface area contributed by atoms with Gasteiger partial charge in [-0.3, -0.25) is 4.68 Å². The molecule has 0 radical (unpaired) electrons. The fourth-order valence-electron chi connectivity index (χ4n) is 1.91. The minimum absolute atomic E-state index is 0.368. The average Bonchev–Trinajstić information content (AvgIpc) is 2.74. The van der Waals surface area contributed by atoms with Gasteiger partial charge in [-0.2, -0.15) is 5.10 Å². The molecule has 0 bridgehead atoms. The molecule has 3 nitrogen and oxygen atoms in total. The molecule has 102 valence electrons. The van der Waals surface area contributed by atoms with E-state index in [1.54, 1.807) is 29.1 Å². The summed E-state index contributed by atoms with van der Waals surface area (Å²) in [4.78, 5) is 0. The van der Waals surface area contributed by atoms with Gasteiger partial charge >= 0.3 is 0 Å². The Bertz CT molecular complexity index is 586. The summed E-state index contributed by atoms with van der Waals surface area (Å²) in [5.74, 6) is 0. The highest BCUT2D eigenvalue weighted by atomic mass is 79.9. The predicted octanol–water partition coefficient (Wildman–Crippen LogP) is 4.44. The third-order valence-electron chi connectivity index (χ3n) is 2.80. The Kier molecular flexibility index (Phi) is 4.90. The Labute approximate surface area is 130 Å². The maximum atomic E-state index is 10.5. The topological polar surface area (TPSA) is 38.0 Å². The van der Waals surface area contributed by atoms with Crippen LogP contribution < -0.4 is 0 Å². The van der Waals surface area contributed by atoms with E-state index in [1.165, 1.54) is 0 Å². The molecule has 1 unspecified atom stereocenters. The molecule has 1 N–H and O–H groups in total. The quantitative estimate of drug-likeness (QED) is 0.871. The second kappa shape index (κ2) is 6.27. The van der Waals surface area contributed by atoms with Crippen molar-refractivity contribution in [2.45, 2.75) is 26.0 Å². The number of aromatic nitrogens is 2. The van der Waals surface area contributed by atoms with Crippen LogP contribution >= 0.6 is 39.1 Å². The molecule has 0 aliphatic carbocycles. The first-order chi connectivity index (χ1) is 9.06. The Morgan fingerprint density at radius 1 is 1.42 bits per heavy atom. The zero-order chi connectivity index (χ0) is 14.0. The third kappa shape index (κ3) is 2.97. The van der Waals surface area contributed by atoms with Crippen molar-refractivity contribution in [3.63, 3.8) is 0 Å². The summed E-state index contributed by atoms with van der Waals surface area (Å²) < 4.78 is 2.52. The maximum absolute atomic E-state index is 10.5. The number of hydrogen-bond acceptors (Lipinski definition) is 2. The SMILES string of the molecule is CCCn1ncc(Br)c1C(O)c1cccc(Cl)c1Cl. The molecule has 0 saturated heterocycles. The van der Waals surface area contributed by atoms with Gasteiger partial charge in [0.1, 0.15) is 6.10 Å². The van der Waals surface area contributed by atoms with E-state index < -0.39 is 6.10 Å². The highest BCUT2D eigenvalue weighted by Crippen LogP contribution is 2.35. The number of rotatable bonds is 4. The first-order valence-corrected chi connectivity index (χ1v) is 7.44. The normalized spacial score (nSPS) is 12.7. The average molecular weight is 364 g/mol. The highest BCUT2D eigenvalue weighted by Gasteiger charge is 2.22. The molecular formula is C13H13BrCl2N2O. The van der Waals surface area contributed by atoms with Gasteiger partial charge in [-0.1, -0.05) is 42.3 Å². The zero-order valence-corrected chi connectivity index (χ0v) is 13.4. The lowest BCUT2D eigenvalue weighted by Gasteiger charge is -2.16. The fourth-order valence-corrected chi connectivity index (χ4v) is 2.84. The van der Waals surface area contributed by atoms with Gasteiger partial charge in [-0.15, -0.1) is 0 Å². The molecule has 1 heterocycles. The van der Waals surface area contributed by atoms with E-state index in [0.29, 0.717) is 21.3 Å². The van der Waals surface area contributed by atoms with Crippen LogP contribution in [-0.2, 0) is 6.54 Å². The maximum Gasteiger partial charge on any atom is 0.123 e. The molecule has 6 heteroatoms. The van der Waals surface area contributed by atoms with Gasteiger partial charge in [0.05, 0.1) is 26.4 Å². The summed E-state index contributed by atoms with van der Waals surface area (Å²) >= 11 is 15.5. The van der Waals surface area contributed by atoms with Gasteiger partial charge in [0.15, 0.2) is 0 Å². The number of aliphatic hydroxyl groups is 1.